The second kappa shape index (κ2) is 8.44. The predicted molar refractivity (Wildman–Crippen MR) is 109 cm³/mol. The maximum Gasteiger partial charge on any atom is 0.350 e. The molecule has 0 saturated heterocycles. The van der Waals surface area contributed by atoms with Crippen LogP contribution in [0.4, 0.5) is 5.13 Å². The highest BCUT2D eigenvalue weighted by Crippen LogP contribution is 2.25. The Morgan fingerprint density at radius 1 is 1.28 bits per heavy atom. The standard InChI is InChI=1S/C20H20N2O6S/c1-5-26-19(25)17-11(3)21-20(29-17)22-18(24)12(4)27-13-6-7-14-10(2)8-16(23)28-15(14)9-13/h6-9,12H,5H2,1-4H3,(H,21,22,24). The number of carbonyl (C=O) groups excluding carboxylic acids is 2. The third kappa shape index (κ3) is 4.62. The molecule has 152 valence electrons. The Kier molecular flexibility index (Phi) is 5.97. The van der Waals surface area contributed by atoms with E-state index in [1.54, 1.807) is 39.0 Å². The van der Waals surface area contributed by atoms with Crippen LogP contribution in [0.1, 0.15) is 34.8 Å². The molecule has 8 nitrogen and oxygen atoms in total. The minimum atomic E-state index is -0.848. The molecule has 0 aliphatic carbocycles. The van der Waals surface area contributed by atoms with E-state index in [0.717, 1.165) is 22.3 Å². The molecule has 1 N–H and O–H groups in total. The Morgan fingerprint density at radius 2 is 2.03 bits per heavy atom. The summed E-state index contributed by atoms with van der Waals surface area (Å²) in [5, 5.41) is 3.71. The zero-order valence-corrected chi connectivity index (χ0v) is 17.2. The van der Waals surface area contributed by atoms with Crippen LogP contribution in [-0.4, -0.2) is 29.6 Å². The number of nitrogens with zero attached hydrogens (tertiary/aromatic N) is 1. The highest BCUT2D eigenvalue weighted by atomic mass is 32.1. The van der Waals surface area contributed by atoms with Gasteiger partial charge < -0.3 is 13.9 Å². The predicted octanol–water partition coefficient (Wildman–Crippen LogP) is 3.45. The molecule has 0 saturated carbocycles. The first-order valence-corrected chi connectivity index (χ1v) is 9.76. The van der Waals surface area contributed by atoms with Crippen molar-refractivity contribution >= 4 is 39.3 Å². The van der Waals surface area contributed by atoms with Gasteiger partial charge in [-0.25, -0.2) is 14.6 Å². The van der Waals surface area contributed by atoms with E-state index < -0.39 is 23.6 Å². The number of aromatic nitrogens is 1. The summed E-state index contributed by atoms with van der Waals surface area (Å²) in [4.78, 5) is 40.4. The van der Waals surface area contributed by atoms with Gasteiger partial charge in [0.05, 0.1) is 12.3 Å². The van der Waals surface area contributed by atoms with Crippen LogP contribution in [-0.2, 0) is 9.53 Å². The number of fused-ring (bicyclic) bond motifs is 1. The van der Waals surface area contributed by atoms with Gasteiger partial charge in [-0.2, -0.15) is 0 Å². The van der Waals surface area contributed by atoms with Crippen LogP contribution in [0, 0.1) is 13.8 Å². The molecule has 0 radical (unpaired) electrons. The minimum Gasteiger partial charge on any atom is -0.481 e. The molecule has 2 aromatic heterocycles. The number of hydrogen-bond donors (Lipinski definition) is 1. The molecule has 1 unspecified atom stereocenters. The van der Waals surface area contributed by atoms with Gasteiger partial charge in [0.25, 0.3) is 5.91 Å². The molecular formula is C20H20N2O6S. The number of esters is 1. The summed E-state index contributed by atoms with van der Waals surface area (Å²) in [5.41, 5.74) is 1.21. The summed E-state index contributed by atoms with van der Waals surface area (Å²) in [6.07, 6.45) is -0.848. The van der Waals surface area contributed by atoms with Gasteiger partial charge in [-0.05, 0) is 45.4 Å². The zero-order chi connectivity index (χ0) is 21.1. The number of thiazole rings is 1. The normalized spacial score (nSPS) is 11.9. The highest BCUT2D eigenvalue weighted by molar-refractivity contribution is 7.17. The Balaban J connectivity index is 1.71. The molecule has 3 aromatic rings. The lowest BCUT2D eigenvalue weighted by molar-refractivity contribution is -0.122. The number of hydrogen-bond acceptors (Lipinski definition) is 8. The number of rotatable bonds is 6. The van der Waals surface area contributed by atoms with Crippen molar-refractivity contribution in [2.24, 2.45) is 0 Å². The van der Waals surface area contributed by atoms with Crippen molar-refractivity contribution in [3.8, 4) is 5.75 Å². The van der Waals surface area contributed by atoms with Gasteiger partial charge in [-0.15, -0.1) is 0 Å². The van der Waals surface area contributed by atoms with Crippen LogP contribution in [0.25, 0.3) is 11.0 Å². The number of amides is 1. The molecule has 0 bridgehead atoms. The SMILES string of the molecule is CCOC(=O)c1sc(NC(=O)C(C)Oc2ccc3c(C)cc(=O)oc3c2)nc1C. The number of aryl methyl sites for hydroxylation is 2. The van der Waals surface area contributed by atoms with Gasteiger partial charge in [0.2, 0.25) is 0 Å². The van der Waals surface area contributed by atoms with Crippen LogP contribution >= 0.6 is 11.3 Å². The van der Waals surface area contributed by atoms with Crippen molar-refractivity contribution in [1.82, 2.24) is 4.98 Å². The van der Waals surface area contributed by atoms with E-state index in [9.17, 15) is 14.4 Å². The maximum atomic E-state index is 12.4. The third-order valence-corrected chi connectivity index (χ3v) is 5.15. The maximum absolute atomic E-state index is 12.4. The molecule has 1 amide bonds. The smallest absolute Gasteiger partial charge is 0.350 e. The molecule has 2 heterocycles. The summed E-state index contributed by atoms with van der Waals surface area (Å²) in [6, 6.07) is 6.45. The molecular weight excluding hydrogens is 396 g/mol. The van der Waals surface area contributed by atoms with Gasteiger partial charge in [0, 0.05) is 17.5 Å². The summed E-state index contributed by atoms with van der Waals surface area (Å²) in [6.45, 7) is 7.04. The Morgan fingerprint density at radius 3 is 2.76 bits per heavy atom. The lowest BCUT2D eigenvalue weighted by Crippen LogP contribution is -2.30. The molecule has 29 heavy (non-hydrogen) atoms. The second-order valence-corrected chi connectivity index (χ2v) is 7.31. The van der Waals surface area contributed by atoms with Gasteiger partial charge in [0.15, 0.2) is 11.2 Å². The number of carbonyl (C=O) groups is 2. The van der Waals surface area contributed by atoms with Gasteiger partial charge in [-0.3, -0.25) is 10.1 Å². The zero-order valence-electron chi connectivity index (χ0n) is 16.4. The number of ether oxygens (including phenoxy) is 2. The van der Waals surface area contributed by atoms with Crippen LogP contribution < -0.4 is 15.7 Å². The van der Waals surface area contributed by atoms with E-state index in [-0.39, 0.29) is 11.7 Å². The molecule has 9 heteroatoms. The fraction of sp³-hybridized carbons (Fsp3) is 0.300. The average molecular weight is 416 g/mol. The van der Waals surface area contributed by atoms with Crippen molar-refractivity contribution in [2.75, 3.05) is 11.9 Å². The van der Waals surface area contributed by atoms with Gasteiger partial charge in [0.1, 0.15) is 16.2 Å². The van der Waals surface area contributed by atoms with E-state index >= 15 is 0 Å². The van der Waals surface area contributed by atoms with Crippen molar-refractivity contribution in [1.29, 1.82) is 0 Å². The third-order valence-electron chi connectivity index (χ3n) is 4.09. The lowest BCUT2D eigenvalue weighted by Gasteiger charge is -2.14. The highest BCUT2D eigenvalue weighted by Gasteiger charge is 2.21. The molecule has 3 rings (SSSR count). The van der Waals surface area contributed by atoms with E-state index in [2.05, 4.69) is 10.3 Å². The van der Waals surface area contributed by atoms with Gasteiger partial charge in [-0.1, -0.05) is 11.3 Å². The summed E-state index contributed by atoms with van der Waals surface area (Å²) >= 11 is 1.04. The fourth-order valence-electron chi connectivity index (χ4n) is 2.68. The second-order valence-electron chi connectivity index (χ2n) is 6.31. The van der Waals surface area contributed by atoms with Crippen LogP contribution in [0.3, 0.4) is 0 Å². The minimum absolute atomic E-state index is 0.258. The number of nitrogens with one attached hydrogen (secondary N) is 1. The molecule has 0 aliphatic heterocycles. The largest absolute Gasteiger partial charge is 0.481 e. The first-order valence-electron chi connectivity index (χ1n) is 8.95. The van der Waals surface area contributed by atoms with E-state index in [1.165, 1.54) is 6.07 Å². The van der Waals surface area contributed by atoms with Gasteiger partial charge >= 0.3 is 11.6 Å². The van der Waals surface area contributed by atoms with E-state index in [0.29, 0.717) is 21.9 Å². The van der Waals surface area contributed by atoms with Crippen molar-refractivity contribution in [2.45, 2.75) is 33.8 Å². The molecule has 0 spiro atoms. The summed E-state index contributed by atoms with van der Waals surface area (Å²) in [5.74, 6) is -0.517. The number of benzene rings is 1. The molecule has 0 aliphatic rings. The Labute approximate surface area is 170 Å². The van der Waals surface area contributed by atoms with E-state index in [4.69, 9.17) is 13.9 Å². The molecule has 1 atom stereocenters. The van der Waals surface area contributed by atoms with Crippen molar-refractivity contribution in [3.05, 3.63) is 50.8 Å². The molecule has 0 fully saturated rings. The van der Waals surface area contributed by atoms with Crippen molar-refractivity contribution < 1.29 is 23.5 Å². The van der Waals surface area contributed by atoms with E-state index in [1.807, 2.05) is 6.92 Å². The Hall–Kier alpha value is -3.20. The van der Waals surface area contributed by atoms with Crippen molar-refractivity contribution in [3.63, 3.8) is 0 Å². The first-order chi connectivity index (χ1) is 13.8. The fourth-order valence-corrected chi connectivity index (χ4v) is 3.54. The Bertz CT molecular complexity index is 1130. The lowest BCUT2D eigenvalue weighted by atomic mass is 10.1. The molecule has 1 aromatic carbocycles. The average Bonchev–Trinajstić information content (AvgIpc) is 3.01. The van der Waals surface area contributed by atoms with Crippen LogP contribution in [0.5, 0.6) is 5.75 Å². The topological polar surface area (TPSA) is 108 Å². The van der Waals surface area contributed by atoms with Crippen LogP contribution in [0.15, 0.2) is 33.5 Å². The van der Waals surface area contributed by atoms with Crippen LogP contribution in [0.2, 0.25) is 0 Å². The summed E-state index contributed by atoms with van der Waals surface area (Å²) < 4.78 is 15.8. The number of anilines is 1. The summed E-state index contributed by atoms with van der Waals surface area (Å²) in [7, 11) is 0. The first kappa shape index (κ1) is 20.5. The quantitative estimate of drug-likeness (QED) is 0.484. The monoisotopic (exact) mass is 416 g/mol.